The number of carbonyl (C=O) groups excluding carboxylic acids is 1. The summed E-state index contributed by atoms with van der Waals surface area (Å²) in [5.74, 6) is -0.212. The predicted octanol–water partition coefficient (Wildman–Crippen LogP) is 3.55. The van der Waals surface area contributed by atoms with Crippen molar-refractivity contribution in [3.05, 3.63) is 128 Å². The van der Waals surface area contributed by atoms with Crippen LogP contribution in [-0.4, -0.2) is 19.7 Å². The largest absolute Gasteiger partial charge is 0.347 e. The van der Waals surface area contributed by atoms with E-state index in [-0.39, 0.29) is 24.3 Å². The number of aromatic nitrogens is 3. The molecular formula is C27H25N3O3. The summed E-state index contributed by atoms with van der Waals surface area (Å²) in [6, 6.07) is 26.6. The van der Waals surface area contributed by atoms with Crippen LogP contribution < -0.4 is 11.4 Å². The first-order chi connectivity index (χ1) is 16.1. The van der Waals surface area contributed by atoms with Gasteiger partial charge >= 0.3 is 11.4 Å². The van der Waals surface area contributed by atoms with Gasteiger partial charge in [-0.05, 0) is 29.5 Å². The third-order valence-electron chi connectivity index (χ3n) is 6.61. The van der Waals surface area contributed by atoms with Gasteiger partial charge in [-0.3, -0.25) is 4.79 Å². The van der Waals surface area contributed by atoms with Gasteiger partial charge in [0, 0.05) is 18.5 Å². The maximum atomic E-state index is 13.4. The lowest BCUT2D eigenvalue weighted by atomic mass is 9.76. The first-order valence-corrected chi connectivity index (χ1v) is 11.2. The minimum Gasteiger partial charge on any atom is -0.292 e. The lowest BCUT2D eigenvalue weighted by Crippen LogP contribution is -2.38. The Kier molecular flexibility index (Phi) is 5.42. The number of benzene rings is 3. The van der Waals surface area contributed by atoms with Crippen LogP contribution in [0.5, 0.6) is 0 Å². The van der Waals surface area contributed by atoms with Crippen LogP contribution in [0.2, 0.25) is 0 Å². The number of rotatable bonds is 5. The Hall–Kier alpha value is -3.93. The van der Waals surface area contributed by atoms with E-state index in [1.807, 2.05) is 42.5 Å². The molecule has 0 bridgehead atoms. The molecule has 6 nitrogen and oxygen atoms in total. The van der Waals surface area contributed by atoms with E-state index in [9.17, 15) is 14.4 Å². The quantitative estimate of drug-likeness (QED) is 0.447. The number of Topliss-reactive ketones (excluding diaryl/α,β-unsaturated/α-hetero) is 1. The normalized spacial score (nSPS) is 17.5. The molecule has 0 unspecified atom stereocenters. The number of nitrogens with zero attached hydrogens (tertiary/aromatic N) is 3. The van der Waals surface area contributed by atoms with Crippen molar-refractivity contribution in [2.45, 2.75) is 31.3 Å². The first-order valence-electron chi connectivity index (χ1n) is 11.2. The average Bonchev–Trinajstić information content (AvgIpc) is 3.07. The number of hydrogen-bond acceptors (Lipinski definition) is 3. The standard InChI is InChI=1S/C27H25N3O3/c1-28-26(32)29(18-24(31)21-13-6-3-7-14-21)30(27(28)33)25-22-15-9-8-12-20(22)16-17-23(25)19-10-4-2-5-11-19/h2-15,23,25H,16-18H2,1H3/t23-,25+/m1/s1. The van der Waals surface area contributed by atoms with Gasteiger partial charge in [0.05, 0.1) is 6.04 Å². The molecule has 0 aliphatic heterocycles. The minimum absolute atomic E-state index is 0.00122. The molecule has 3 aromatic carbocycles. The van der Waals surface area contributed by atoms with Crippen LogP contribution in [0.3, 0.4) is 0 Å². The zero-order valence-electron chi connectivity index (χ0n) is 18.4. The third kappa shape index (κ3) is 3.67. The lowest BCUT2D eigenvalue weighted by molar-refractivity contribution is 0.0956. The highest BCUT2D eigenvalue weighted by Gasteiger charge is 2.35. The van der Waals surface area contributed by atoms with Crippen LogP contribution in [0.15, 0.2) is 94.5 Å². The molecule has 1 aromatic heterocycles. The van der Waals surface area contributed by atoms with Crippen molar-refractivity contribution in [2.24, 2.45) is 7.05 Å². The number of ketones is 1. The van der Waals surface area contributed by atoms with Crippen LogP contribution >= 0.6 is 0 Å². The van der Waals surface area contributed by atoms with Crippen molar-refractivity contribution in [1.82, 2.24) is 13.9 Å². The Morgan fingerprint density at radius 1 is 0.848 bits per heavy atom. The summed E-state index contributed by atoms with van der Waals surface area (Å²) >= 11 is 0. The first kappa shape index (κ1) is 20.9. The smallest absolute Gasteiger partial charge is 0.292 e. The molecule has 5 rings (SSSR count). The monoisotopic (exact) mass is 439 g/mol. The fraction of sp³-hybridized carbons (Fsp3) is 0.222. The van der Waals surface area contributed by atoms with Crippen LogP contribution in [-0.2, 0) is 20.0 Å². The summed E-state index contributed by atoms with van der Waals surface area (Å²) in [6.45, 7) is -0.195. The van der Waals surface area contributed by atoms with Crippen molar-refractivity contribution in [3.63, 3.8) is 0 Å². The minimum atomic E-state index is -0.487. The van der Waals surface area contributed by atoms with Crippen LogP contribution in [0.4, 0.5) is 0 Å². The van der Waals surface area contributed by atoms with Crippen molar-refractivity contribution < 1.29 is 4.79 Å². The topological polar surface area (TPSA) is 66.0 Å². The van der Waals surface area contributed by atoms with E-state index < -0.39 is 11.4 Å². The molecule has 1 heterocycles. The Labute approximate surface area is 191 Å². The summed E-state index contributed by atoms with van der Waals surface area (Å²) in [4.78, 5) is 39.6. The molecule has 2 atom stereocenters. The van der Waals surface area contributed by atoms with Gasteiger partial charge < -0.3 is 0 Å². The van der Waals surface area contributed by atoms with E-state index in [2.05, 4.69) is 18.2 Å². The molecule has 0 spiro atoms. The summed E-state index contributed by atoms with van der Waals surface area (Å²) in [5, 5.41) is 0. The van der Waals surface area contributed by atoms with E-state index >= 15 is 0 Å². The number of aryl methyl sites for hydroxylation is 1. The van der Waals surface area contributed by atoms with E-state index in [1.54, 1.807) is 24.3 Å². The molecule has 4 aromatic rings. The van der Waals surface area contributed by atoms with Gasteiger partial charge in [0.15, 0.2) is 5.78 Å². The Balaban J connectivity index is 1.69. The maximum Gasteiger partial charge on any atom is 0.347 e. The molecule has 33 heavy (non-hydrogen) atoms. The fourth-order valence-electron chi connectivity index (χ4n) is 4.96. The molecule has 0 saturated carbocycles. The van der Waals surface area contributed by atoms with Crippen molar-refractivity contribution in [3.8, 4) is 0 Å². The zero-order chi connectivity index (χ0) is 22.9. The second kappa shape index (κ2) is 8.54. The summed E-state index contributed by atoms with van der Waals surface area (Å²) in [7, 11) is 1.47. The van der Waals surface area contributed by atoms with Gasteiger partial charge in [-0.15, -0.1) is 0 Å². The van der Waals surface area contributed by atoms with Crippen molar-refractivity contribution in [1.29, 1.82) is 0 Å². The molecule has 0 radical (unpaired) electrons. The van der Waals surface area contributed by atoms with E-state index in [1.165, 1.54) is 22.0 Å². The number of carbonyl (C=O) groups is 1. The molecule has 0 saturated heterocycles. The highest BCUT2D eigenvalue weighted by molar-refractivity contribution is 5.95. The van der Waals surface area contributed by atoms with Gasteiger partial charge in [-0.25, -0.2) is 23.5 Å². The van der Waals surface area contributed by atoms with Gasteiger partial charge in [-0.2, -0.15) is 0 Å². The van der Waals surface area contributed by atoms with Crippen LogP contribution in [0, 0.1) is 0 Å². The number of fused-ring (bicyclic) bond motifs is 1. The van der Waals surface area contributed by atoms with E-state index in [4.69, 9.17) is 0 Å². The number of hydrogen-bond donors (Lipinski definition) is 0. The van der Waals surface area contributed by atoms with Gasteiger partial charge in [0.25, 0.3) is 0 Å². The second-order valence-corrected chi connectivity index (χ2v) is 8.52. The average molecular weight is 440 g/mol. The summed E-state index contributed by atoms with van der Waals surface area (Å²) < 4.78 is 3.93. The SMILES string of the molecule is Cn1c(=O)n(CC(=O)c2ccccc2)n([C@H]2c3ccccc3CC[C@@H]2c2ccccc2)c1=O. The Morgan fingerprint density at radius 3 is 2.21 bits per heavy atom. The molecule has 6 heteroatoms. The molecule has 1 aliphatic carbocycles. The second-order valence-electron chi connectivity index (χ2n) is 8.52. The summed E-state index contributed by atoms with van der Waals surface area (Å²) in [6.07, 6.45) is 1.73. The van der Waals surface area contributed by atoms with Crippen LogP contribution in [0.25, 0.3) is 0 Å². The van der Waals surface area contributed by atoms with Gasteiger partial charge in [0.2, 0.25) is 0 Å². The molecule has 1 aliphatic rings. The molecule has 0 fully saturated rings. The zero-order valence-corrected chi connectivity index (χ0v) is 18.4. The van der Waals surface area contributed by atoms with Gasteiger partial charge in [-0.1, -0.05) is 84.9 Å². The van der Waals surface area contributed by atoms with E-state index in [0.717, 1.165) is 28.5 Å². The van der Waals surface area contributed by atoms with Crippen molar-refractivity contribution >= 4 is 5.78 Å². The summed E-state index contributed by atoms with van der Waals surface area (Å²) in [5.41, 5.74) is 2.91. The molecule has 0 amide bonds. The fourth-order valence-corrected chi connectivity index (χ4v) is 4.96. The molecule has 166 valence electrons. The maximum absolute atomic E-state index is 13.4. The third-order valence-corrected chi connectivity index (χ3v) is 6.61. The predicted molar refractivity (Wildman–Crippen MR) is 127 cm³/mol. The van der Waals surface area contributed by atoms with Gasteiger partial charge in [0.1, 0.15) is 6.54 Å². The van der Waals surface area contributed by atoms with E-state index in [0.29, 0.717) is 5.56 Å². The van der Waals surface area contributed by atoms with Crippen LogP contribution in [0.1, 0.15) is 45.4 Å². The lowest BCUT2D eigenvalue weighted by Gasteiger charge is -2.35. The Morgan fingerprint density at radius 2 is 1.48 bits per heavy atom. The Bertz CT molecular complexity index is 1410. The van der Waals surface area contributed by atoms with Crippen molar-refractivity contribution in [2.75, 3.05) is 0 Å². The highest BCUT2D eigenvalue weighted by atomic mass is 16.2. The molecule has 0 N–H and O–H groups in total. The molecular weight excluding hydrogens is 414 g/mol. The highest BCUT2D eigenvalue weighted by Crippen LogP contribution is 2.42.